The summed E-state index contributed by atoms with van der Waals surface area (Å²) in [5, 5.41) is 8.81. The van der Waals surface area contributed by atoms with E-state index in [9.17, 15) is 9.18 Å². The maximum atomic E-state index is 13.0. The van der Waals surface area contributed by atoms with Crippen molar-refractivity contribution < 1.29 is 14.3 Å². The van der Waals surface area contributed by atoms with Gasteiger partial charge >= 0.3 is 6.09 Å². The first-order valence-corrected chi connectivity index (χ1v) is 5.52. The Morgan fingerprint density at radius 1 is 1.62 bits per heavy atom. The van der Waals surface area contributed by atoms with E-state index in [0.29, 0.717) is 4.43 Å². The molecule has 0 saturated carbocycles. The van der Waals surface area contributed by atoms with Gasteiger partial charge in [0, 0.05) is 9.97 Å². The van der Waals surface area contributed by atoms with Gasteiger partial charge in [-0.1, -0.05) is 22.6 Å². The van der Waals surface area contributed by atoms with Crippen molar-refractivity contribution in [1.82, 2.24) is 4.90 Å². The summed E-state index contributed by atoms with van der Waals surface area (Å²) in [6.45, 7) is 5.20. The number of carbonyl (C=O) groups is 1. The van der Waals surface area contributed by atoms with E-state index >= 15 is 0 Å². The molecule has 0 rings (SSSR count). The van der Waals surface area contributed by atoms with Crippen molar-refractivity contribution in [3.05, 3.63) is 0 Å². The SMILES string of the molecule is CC(C)(C)N(C[C@@H](F)CI)C(=O)O. The molecular weight excluding hydrogens is 288 g/mol. The summed E-state index contributed by atoms with van der Waals surface area (Å²) in [5.41, 5.74) is -0.540. The van der Waals surface area contributed by atoms with Crippen LogP contribution >= 0.6 is 22.6 Å². The summed E-state index contributed by atoms with van der Waals surface area (Å²) in [7, 11) is 0. The summed E-state index contributed by atoms with van der Waals surface area (Å²) < 4.78 is 13.3. The van der Waals surface area contributed by atoms with Gasteiger partial charge < -0.3 is 10.0 Å². The highest BCUT2D eigenvalue weighted by molar-refractivity contribution is 14.1. The molecule has 0 bridgehead atoms. The van der Waals surface area contributed by atoms with Gasteiger partial charge in [-0.25, -0.2) is 9.18 Å². The number of hydrogen-bond donors (Lipinski definition) is 1. The minimum absolute atomic E-state index is 0.0538. The maximum absolute atomic E-state index is 13.0. The van der Waals surface area contributed by atoms with Crippen molar-refractivity contribution >= 4 is 28.7 Å². The summed E-state index contributed by atoms with van der Waals surface area (Å²) in [6, 6.07) is 0. The van der Waals surface area contributed by atoms with Crippen LogP contribution in [0.1, 0.15) is 20.8 Å². The molecule has 0 radical (unpaired) electrons. The first-order valence-electron chi connectivity index (χ1n) is 3.99. The van der Waals surface area contributed by atoms with E-state index in [2.05, 4.69) is 0 Å². The van der Waals surface area contributed by atoms with Crippen LogP contribution in [-0.2, 0) is 0 Å². The molecule has 13 heavy (non-hydrogen) atoms. The summed E-state index contributed by atoms with van der Waals surface area (Å²) in [4.78, 5) is 11.9. The number of amides is 1. The summed E-state index contributed by atoms with van der Waals surface area (Å²) in [6.07, 6.45) is -2.16. The lowest BCUT2D eigenvalue weighted by Gasteiger charge is -2.33. The summed E-state index contributed by atoms with van der Waals surface area (Å²) >= 11 is 1.90. The second-order valence-corrected chi connectivity index (χ2v) is 4.70. The molecule has 0 aliphatic rings. The lowest BCUT2D eigenvalue weighted by atomic mass is 10.1. The standard InChI is InChI=1S/C8H15FINO2/c1-8(2,3)11(7(12)13)5-6(9)4-10/h6H,4-5H2,1-3H3,(H,12,13)/t6-/m0/s1. The van der Waals surface area contributed by atoms with Gasteiger partial charge in [0.1, 0.15) is 6.17 Å². The molecule has 1 amide bonds. The predicted molar refractivity (Wildman–Crippen MR) is 58.3 cm³/mol. The van der Waals surface area contributed by atoms with Crippen LogP contribution in [0, 0.1) is 0 Å². The molecule has 0 saturated heterocycles. The van der Waals surface area contributed by atoms with E-state index in [1.807, 2.05) is 22.6 Å². The Labute approximate surface area is 91.4 Å². The molecule has 0 aromatic carbocycles. The molecule has 0 aliphatic carbocycles. The summed E-state index contributed by atoms with van der Waals surface area (Å²) in [5.74, 6) is 0. The minimum Gasteiger partial charge on any atom is -0.465 e. The second kappa shape index (κ2) is 4.97. The monoisotopic (exact) mass is 303 g/mol. The van der Waals surface area contributed by atoms with E-state index < -0.39 is 17.8 Å². The van der Waals surface area contributed by atoms with Crippen LogP contribution in [0.5, 0.6) is 0 Å². The van der Waals surface area contributed by atoms with Crippen LogP contribution in [0.15, 0.2) is 0 Å². The highest BCUT2D eigenvalue weighted by atomic mass is 127. The Balaban J connectivity index is 4.37. The van der Waals surface area contributed by atoms with Crippen molar-refractivity contribution in [2.24, 2.45) is 0 Å². The minimum atomic E-state index is -1.09. The highest BCUT2D eigenvalue weighted by Gasteiger charge is 2.28. The van der Waals surface area contributed by atoms with Gasteiger partial charge in [-0.05, 0) is 20.8 Å². The fourth-order valence-electron chi connectivity index (χ4n) is 0.886. The lowest BCUT2D eigenvalue weighted by molar-refractivity contribution is 0.0849. The predicted octanol–water partition coefficient (Wildman–Crippen LogP) is 2.54. The normalized spacial score (nSPS) is 13.9. The molecule has 0 unspecified atom stereocenters. The van der Waals surface area contributed by atoms with Gasteiger partial charge in [-0.3, -0.25) is 0 Å². The van der Waals surface area contributed by atoms with E-state index in [1.165, 1.54) is 0 Å². The number of hydrogen-bond acceptors (Lipinski definition) is 1. The number of alkyl halides is 2. The van der Waals surface area contributed by atoms with Gasteiger partial charge in [0.05, 0.1) is 6.54 Å². The quantitative estimate of drug-likeness (QED) is 0.643. The molecule has 3 nitrogen and oxygen atoms in total. The molecule has 5 heteroatoms. The molecular formula is C8H15FINO2. The van der Waals surface area contributed by atoms with E-state index in [4.69, 9.17) is 5.11 Å². The van der Waals surface area contributed by atoms with Crippen LogP contribution in [-0.4, -0.2) is 38.8 Å². The van der Waals surface area contributed by atoms with Gasteiger partial charge in [-0.15, -0.1) is 0 Å². The van der Waals surface area contributed by atoms with Gasteiger partial charge in [0.2, 0.25) is 0 Å². The van der Waals surface area contributed by atoms with Crippen LogP contribution in [0.2, 0.25) is 0 Å². The fourth-order valence-corrected chi connectivity index (χ4v) is 1.16. The number of nitrogens with zero attached hydrogens (tertiary/aromatic N) is 1. The third-order valence-corrected chi connectivity index (χ3v) is 2.54. The zero-order chi connectivity index (χ0) is 10.6. The van der Waals surface area contributed by atoms with Crippen LogP contribution in [0.4, 0.5) is 9.18 Å². The van der Waals surface area contributed by atoms with E-state index in [0.717, 1.165) is 4.90 Å². The Morgan fingerprint density at radius 3 is 2.31 bits per heavy atom. The molecule has 0 aromatic rings. The van der Waals surface area contributed by atoms with Crippen LogP contribution < -0.4 is 0 Å². The third-order valence-electron chi connectivity index (χ3n) is 1.59. The smallest absolute Gasteiger partial charge is 0.407 e. The highest BCUT2D eigenvalue weighted by Crippen LogP contribution is 2.15. The van der Waals surface area contributed by atoms with Crippen molar-refractivity contribution in [1.29, 1.82) is 0 Å². The van der Waals surface area contributed by atoms with Gasteiger partial charge in [0.25, 0.3) is 0 Å². The zero-order valence-electron chi connectivity index (χ0n) is 8.05. The average Bonchev–Trinajstić information content (AvgIpc) is 1.96. The molecule has 0 heterocycles. The molecule has 0 aliphatic heterocycles. The molecule has 1 N–H and O–H groups in total. The first-order chi connectivity index (χ1) is 5.79. The molecule has 0 aromatic heterocycles. The van der Waals surface area contributed by atoms with Crippen molar-refractivity contribution in [2.45, 2.75) is 32.5 Å². The van der Waals surface area contributed by atoms with Gasteiger partial charge in [-0.2, -0.15) is 0 Å². The van der Waals surface area contributed by atoms with Crippen molar-refractivity contribution in [2.75, 3.05) is 11.0 Å². The Kier molecular flexibility index (Phi) is 4.95. The van der Waals surface area contributed by atoms with E-state index in [-0.39, 0.29) is 6.54 Å². The van der Waals surface area contributed by atoms with Crippen LogP contribution in [0.3, 0.4) is 0 Å². The molecule has 0 fully saturated rings. The number of rotatable bonds is 3. The molecule has 0 spiro atoms. The largest absolute Gasteiger partial charge is 0.465 e. The number of halogens is 2. The average molecular weight is 303 g/mol. The van der Waals surface area contributed by atoms with Crippen molar-refractivity contribution in [3.8, 4) is 0 Å². The maximum Gasteiger partial charge on any atom is 0.407 e. The Morgan fingerprint density at radius 2 is 2.08 bits per heavy atom. The first kappa shape index (κ1) is 12.9. The fraction of sp³-hybridized carbons (Fsp3) is 0.875. The second-order valence-electron chi connectivity index (χ2n) is 3.82. The Bertz CT molecular complexity index is 181. The van der Waals surface area contributed by atoms with Crippen LogP contribution in [0.25, 0.3) is 0 Å². The zero-order valence-corrected chi connectivity index (χ0v) is 10.2. The molecule has 1 atom stereocenters. The van der Waals surface area contributed by atoms with E-state index in [1.54, 1.807) is 20.8 Å². The van der Waals surface area contributed by atoms with Crippen molar-refractivity contribution in [3.63, 3.8) is 0 Å². The number of carboxylic acid groups (broad SMARTS) is 1. The Hall–Kier alpha value is -0.0700. The lowest BCUT2D eigenvalue weighted by Crippen LogP contribution is -2.48. The van der Waals surface area contributed by atoms with Gasteiger partial charge in [0.15, 0.2) is 0 Å². The topological polar surface area (TPSA) is 40.5 Å². The molecule has 78 valence electrons. The third kappa shape index (κ3) is 4.64.